The van der Waals surface area contributed by atoms with E-state index in [1.54, 1.807) is 25.1 Å². The number of carbonyl (C=O) groups is 3. The second-order valence-electron chi connectivity index (χ2n) is 6.63. The van der Waals surface area contributed by atoms with Crippen LogP contribution in [-0.4, -0.2) is 33.7 Å². The molecule has 1 heterocycles. The molecule has 2 unspecified atom stereocenters. The van der Waals surface area contributed by atoms with Crippen LogP contribution in [-0.2, 0) is 14.4 Å². The number of carboxylic acid groups (broad SMARTS) is 1. The number of benzene rings is 1. The van der Waals surface area contributed by atoms with Crippen molar-refractivity contribution in [3.63, 3.8) is 0 Å². The van der Waals surface area contributed by atoms with Crippen molar-refractivity contribution < 1.29 is 19.5 Å². The number of halogens is 1. The standard InChI is InChI=1S/C17H21ClN2O4S/c1-9(2)17(3,8-15(22)23)20-14(21)7-13-16(24)19-11-6-10(18)4-5-12(11)25-13/h4-6,9,13H,7-8H2,1-3H3,(H,19,24)(H,20,21)(H,22,23). The van der Waals surface area contributed by atoms with Gasteiger partial charge in [-0.15, -0.1) is 11.8 Å². The van der Waals surface area contributed by atoms with Crippen molar-refractivity contribution in [3.05, 3.63) is 23.2 Å². The number of rotatable bonds is 6. The monoisotopic (exact) mass is 384 g/mol. The van der Waals surface area contributed by atoms with Crippen molar-refractivity contribution in [3.8, 4) is 0 Å². The molecule has 1 aliphatic rings. The summed E-state index contributed by atoms with van der Waals surface area (Å²) in [4.78, 5) is 36.6. The number of carbonyl (C=O) groups excluding carboxylic acids is 2. The molecule has 25 heavy (non-hydrogen) atoms. The molecule has 0 spiro atoms. The summed E-state index contributed by atoms with van der Waals surface area (Å²) in [6.07, 6.45) is -0.206. The third-order valence-electron chi connectivity index (χ3n) is 4.35. The number of fused-ring (bicyclic) bond motifs is 1. The minimum atomic E-state index is -0.980. The number of thioether (sulfide) groups is 1. The van der Waals surface area contributed by atoms with Crippen LogP contribution in [0.4, 0.5) is 5.69 Å². The molecular weight excluding hydrogens is 364 g/mol. The largest absolute Gasteiger partial charge is 0.481 e. The molecule has 2 atom stereocenters. The van der Waals surface area contributed by atoms with Crippen molar-refractivity contribution in [2.24, 2.45) is 5.92 Å². The molecule has 0 saturated heterocycles. The highest BCUT2D eigenvalue weighted by Gasteiger charge is 2.35. The second kappa shape index (κ2) is 7.66. The summed E-state index contributed by atoms with van der Waals surface area (Å²) in [7, 11) is 0. The first-order chi connectivity index (χ1) is 11.6. The molecule has 0 saturated carbocycles. The number of hydrogen-bond acceptors (Lipinski definition) is 4. The van der Waals surface area contributed by atoms with E-state index in [9.17, 15) is 14.4 Å². The van der Waals surface area contributed by atoms with Crippen LogP contribution in [0.1, 0.15) is 33.6 Å². The summed E-state index contributed by atoms with van der Waals surface area (Å²) in [6, 6.07) is 5.20. The molecular formula is C17H21ClN2O4S. The normalized spacial score (nSPS) is 18.9. The minimum Gasteiger partial charge on any atom is -0.481 e. The molecule has 2 rings (SSSR count). The van der Waals surface area contributed by atoms with E-state index in [1.165, 1.54) is 11.8 Å². The molecule has 0 aliphatic carbocycles. The first-order valence-electron chi connectivity index (χ1n) is 7.90. The van der Waals surface area contributed by atoms with Crippen LogP contribution in [0.2, 0.25) is 5.02 Å². The lowest BCUT2D eigenvalue weighted by atomic mass is 9.85. The fraction of sp³-hybridized carbons (Fsp3) is 0.471. The Hall–Kier alpha value is -1.73. The molecule has 1 aromatic carbocycles. The number of carboxylic acids is 1. The average molecular weight is 385 g/mol. The van der Waals surface area contributed by atoms with Gasteiger partial charge in [0, 0.05) is 21.9 Å². The van der Waals surface area contributed by atoms with Crippen molar-refractivity contribution in [1.29, 1.82) is 0 Å². The van der Waals surface area contributed by atoms with Crippen LogP contribution in [0, 0.1) is 5.92 Å². The van der Waals surface area contributed by atoms with Crippen molar-refractivity contribution in [2.75, 3.05) is 5.32 Å². The van der Waals surface area contributed by atoms with Crippen molar-refractivity contribution in [1.82, 2.24) is 5.32 Å². The Morgan fingerprint density at radius 2 is 2.12 bits per heavy atom. The highest BCUT2D eigenvalue weighted by molar-refractivity contribution is 8.01. The molecule has 6 nitrogen and oxygen atoms in total. The van der Waals surface area contributed by atoms with Gasteiger partial charge in [0.1, 0.15) is 0 Å². The highest BCUT2D eigenvalue weighted by atomic mass is 35.5. The third kappa shape index (κ3) is 4.89. The van der Waals surface area contributed by atoms with E-state index in [0.29, 0.717) is 10.7 Å². The SMILES string of the molecule is CC(C)C(C)(CC(=O)O)NC(=O)CC1Sc2ccc(Cl)cc2NC1=O. The van der Waals surface area contributed by atoms with Crippen LogP contribution in [0.3, 0.4) is 0 Å². The summed E-state index contributed by atoms with van der Waals surface area (Å²) < 4.78 is 0. The molecule has 2 amide bonds. The van der Waals surface area contributed by atoms with Gasteiger partial charge < -0.3 is 15.7 Å². The molecule has 3 N–H and O–H groups in total. The van der Waals surface area contributed by atoms with Crippen LogP contribution in [0.5, 0.6) is 0 Å². The van der Waals surface area contributed by atoms with E-state index in [2.05, 4.69) is 10.6 Å². The highest BCUT2D eigenvalue weighted by Crippen LogP contribution is 2.38. The maximum Gasteiger partial charge on any atom is 0.305 e. The lowest BCUT2D eigenvalue weighted by Crippen LogP contribution is -2.52. The van der Waals surface area contributed by atoms with Gasteiger partial charge in [-0.25, -0.2) is 0 Å². The summed E-state index contributed by atoms with van der Waals surface area (Å²) in [6.45, 7) is 5.41. The lowest BCUT2D eigenvalue weighted by molar-refractivity contribution is -0.139. The van der Waals surface area contributed by atoms with E-state index in [1.807, 2.05) is 13.8 Å². The summed E-state index contributed by atoms with van der Waals surface area (Å²) in [5, 5.41) is 14.6. The first-order valence-corrected chi connectivity index (χ1v) is 9.16. The van der Waals surface area contributed by atoms with Gasteiger partial charge in [-0.05, 0) is 31.0 Å². The van der Waals surface area contributed by atoms with Gasteiger partial charge in [-0.3, -0.25) is 14.4 Å². The van der Waals surface area contributed by atoms with Gasteiger partial charge >= 0.3 is 5.97 Å². The van der Waals surface area contributed by atoms with Gasteiger partial charge in [0.2, 0.25) is 11.8 Å². The molecule has 0 bridgehead atoms. The topological polar surface area (TPSA) is 95.5 Å². The predicted molar refractivity (Wildman–Crippen MR) is 98.0 cm³/mol. The van der Waals surface area contributed by atoms with E-state index in [-0.39, 0.29) is 30.6 Å². The Bertz CT molecular complexity index is 710. The number of amides is 2. The van der Waals surface area contributed by atoms with E-state index in [4.69, 9.17) is 16.7 Å². The Kier molecular flexibility index (Phi) is 6.00. The van der Waals surface area contributed by atoms with Crippen molar-refractivity contribution >= 4 is 46.8 Å². The summed E-state index contributed by atoms with van der Waals surface area (Å²) in [5.74, 6) is -1.66. The summed E-state index contributed by atoms with van der Waals surface area (Å²) >= 11 is 7.22. The maximum absolute atomic E-state index is 12.4. The van der Waals surface area contributed by atoms with Crippen LogP contribution in [0.15, 0.2) is 23.1 Å². The zero-order valence-corrected chi connectivity index (χ0v) is 15.8. The van der Waals surface area contributed by atoms with E-state index in [0.717, 1.165) is 4.90 Å². The number of hydrogen-bond donors (Lipinski definition) is 3. The van der Waals surface area contributed by atoms with Gasteiger partial charge in [0.05, 0.1) is 17.4 Å². The van der Waals surface area contributed by atoms with Crippen molar-refractivity contribution in [2.45, 2.75) is 49.3 Å². The van der Waals surface area contributed by atoms with Gasteiger partial charge in [-0.1, -0.05) is 25.4 Å². The molecule has 0 fully saturated rings. The molecule has 0 radical (unpaired) electrons. The Morgan fingerprint density at radius 1 is 1.44 bits per heavy atom. The lowest BCUT2D eigenvalue weighted by Gasteiger charge is -2.34. The van der Waals surface area contributed by atoms with E-state index < -0.39 is 16.8 Å². The quantitative estimate of drug-likeness (QED) is 0.700. The molecule has 8 heteroatoms. The first kappa shape index (κ1) is 19.6. The zero-order chi connectivity index (χ0) is 18.8. The Morgan fingerprint density at radius 3 is 2.72 bits per heavy atom. The Labute approximate surface area is 155 Å². The number of aliphatic carboxylic acids is 1. The predicted octanol–water partition coefficient (Wildman–Crippen LogP) is 3.15. The fourth-order valence-corrected chi connectivity index (χ4v) is 3.76. The Balaban J connectivity index is 2.06. The third-order valence-corrected chi connectivity index (χ3v) is 5.86. The number of nitrogens with one attached hydrogen (secondary N) is 2. The fourth-order valence-electron chi connectivity index (χ4n) is 2.50. The average Bonchev–Trinajstić information content (AvgIpc) is 2.47. The second-order valence-corrected chi connectivity index (χ2v) is 8.31. The van der Waals surface area contributed by atoms with Crippen LogP contribution in [0.25, 0.3) is 0 Å². The molecule has 1 aromatic rings. The van der Waals surface area contributed by atoms with Gasteiger partial charge in [0.15, 0.2) is 0 Å². The molecule has 136 valence electrons. The molecule has 0 aromatic heterocycles. The minimum absolute atomic E-state index is 0.0273. The summed E-state index contributed by atoms with van der Waals surface area (Å²) in [5.41, 5.74) is -0.235. The van der Waals surface area contributed by atoms with E-state index >= 15 is 0 Å². The number of anilines is 1. The molecule has 1 aliphatic heterocycles. The van der Waals surface area contributed by atoms with Gasteiger partial charge in [-0.2, -0.15) is 0 Å². The smallest absolute Gasteiger partial charge is 0.305 e. The van der Waals surface area contributed by atoms with Crippen LogP contribution < -0.4 is 10.6 Å². The van der Waals surface area contributed by atoms with Crippen LogP contribution >= 0.6 is 23.4 Å². The van der Waals surface area contributed by atoms with Gasteiger partial charge in [0.25, 0.3) is 0 Å². The maximum atomic E-state index is 12.4. The zero-order valence-electron chi connectivity index (χ0n) is 14.3.